The van der Waals surface area contributed by atoms with Gasteiger partial charge in [-0.1, -0.05) is 78.9 Å². The van der Waals surface area contributed by atoms with E-state index in [0.717, 1.165) is 18.4 Å². The molecule has 1 N–H and O–H groups in total. The van der Waals surface area contributed by atoms with Crippen molar-refractivity contribution in [2.24, 2.45) is 5.92 Å². The number of amides is 1. The molecular formula is C29H29NO4. The second-order valence-electron chi connectivity index (χ2n) is 9.24. The third-order valence-electron chi connectivity index (χ3n) is 7.33. The molecule has 1 aliphatic heterocycles. The fourth-order valence-corrected chi connectivity index (χ4v) is 5.61. The normalized spacial score (nSPS) is 16.5. The second-order valence-corrected chi connectivity index (χ2v) is 9.24. The summed E-state index contributed by atoms with van der Waals surface area (Å²) < 4.78 is 5.82. The number of hydrogen-bond acceptors (Lipinski definition) is 3. The summed E-state index contributed by atoms with van der Waals surface area (Å²) in [5.74, 6) is -0.542. The number of rotatable bonds is 6. The molecule has 0 radical (unpaired) electrons. The van der Waals surface area contributed by atoms with Crippen LogP contribution in [0.25, 0.3) is 11.1 Å². The number of likely N-dealkylation sites (tertiary alicyclic amines) is 1. The minimum atomic E-state index is -0.784. The maximum Gasteiger partial charge on any atom is 0.409 e. The van der Waals surface area contributed by atoms with Crippen molar-refractivity contribution in [3.63, 3.8) is 0 Å². The van der Waals surface area contributed by atoms with E-state index in [4.69, 9.17) is 4.74 Å². The van der Waals surface area contributed by atoms with E-state index in [1.807, 2.05) is 54.6 Å². The van der Waals surface area contributed by atoms with Crippen LogP contribution < -0.4 is 0 Å². The molecule has 3 aromatic rings. The zero-order chi connectivity index (χ0) is 23.5. The SMILES string of the molecule is O=C(O)C[C@H](c1ccccc1)C1CCN(C(=O)OCC2c3ccccc3-c3ccccc32)CC1. The monoisotopic (exact) mass is 455 g/mol. The highest BCUT2D eigenvalue weighted by atomic mass is 16.6. The number of piperidine rings is 1. The molecule has 0 saturated carbocycles. The summed E-state index contributed by atoms with van der Waals surface area (Å²) in [6, 6.07) is 26.5. The van der Waals surface area contributed by atoms with Gasteiger partial charge in [0.05, 0.1) is 6.42 Å². The van der Waals surface area contributed by atoms with E-state index < -0.39 is 5.97 Å². The molecule has 0 spiro atoms. The summed E-state index contributed by atoms with van der Waals surface area (Å²) in [7, 11) is 0. The average Bonchev–Trinajstić information content (AvgIpc) is 3.20. The molecule has 5 nitrogen and oxygen atoms in total. The Labute approximate surface area is 200 Å². The number of carboxylic acids is 1. The van der Waals surface area contributed by atoms with Gasteiger partial charge in [-0.15, -0.1) is 0 Å². The van der Waals surface area contributed by atoms with Gasteiger partial charge in [0.2, 0.25) is 0 Å². The van der Waals surface area contributed by atoms with Crippen molar-refractivity contribution in [2.45, 2.75) is 31.1 Å². The van der Waals surface area contributed by atoms with Crippen LogP contribution in [0.3, 0.4) is 0 Å². The Morgan fingerprint density at radius 3 is 2.00 bits per heavy atom. The van der Waals surface area contributed by atoms with Gasteiger partial charge in [-0.3, -0.25) is 4.79 Å². The quantitative estimate of drug-likeness (QED) is 0.502. The van der Waals surface area contributed by atoms with Crippen molar-refractivity contribution in [1.82, 2.24) is 4.90 Å². The zero-order valence-electron chi connectivity index (χ0n) is 19.1. The molecule has 0 bridgehead atoms. The van der Waals surface area contributed by atoms with Crippen LogP contribution in [-0.2, 0) is 9.53 Å². The Morgan fingerprint density at radius 1 is 0.853 bits per heavy atom. The third-order valence-corrected chi connectivity index (χ3v) is 7.33. The predicted molar refractivity (Wildman–Crippen MR) is 131 cm³/mol. The van der Waals surface area contributed by atoms with Crippen LogP contribution in [0.5, 0.6) is 0 Å². The van der Waals surface area contributed by atoms with Gasteiger partial charge in [0.1, 0.15) is 6.61 Å². The van der Waals surface area contributed by atoms with Gasteiger partial charge < -0.3 is 14.7 Å². The van der Waals surface area contributed by atoms with Crippen LogP contribution in [0.2, 0.25) is 0 Å². The van der Waals surface area contributed by atoms with Crippen LogP contribution in [-0.4, -0.2) is 41.8 Å². The Kier molecular flexibility index (Phi) is 6.35. The number of carboxylic acid groups (broad SMARTS) is 1. The number of ether oxygens (including phenoxy) is 1. The van der Waals surface area contributed by atoms with E-state index in [0.29, 0.717) is 19.7 Å². The first-order valence-corrected chi connectivity index (χ1v) is 12.0. The molecule has 1 amide bonds. The average molecular weight is 456 g/mol. The number of carbonyl (C=O) groups is 2. The minimum absolute atomic E-state index is 0.0386. The lowest BCUT2D eigenvalue weighted by atomic mass is 9.78. The highest BCUT2D eigenvalue weighted by Gasteiger charge is 2.33. The largest absolute Gasteiger partial charge is 0.481 e. The highest BCUT2D eigenvalue weighted by molar-refractivity contribution is 5.79. The first-order valence-electron chi connectivity index (χ1n) is 12.0. The van der Waals surface area contributed by atoms with Crippen LogP contribution in [0, 0.1) is 5.92 Å². The summed E-state index contributed by atoms with van der Waals surface area (Å²) in [4.78, 5) is 26.2. The zero-order valence-corrected chi connectivity index (χ0v) is 19.1. The number of aliphatic carboxylic acids is 1. The first-order chi connectivity index (χ1) is 16.6. The van der Waals surface area contributed by atoms with Gasteiger partial charge in [-0.2, -0.15) is 0 Å². The summed E-state index contributed by atoms with van der Waals surface area (Å²) in [5, 5.41) is 9.44. The van der Waals surface area contributed by atoms with Crippen LogP contribution in [0.15, 0.2) is 78.9 Å². The minimum Gasteiger partial charge on any atom is -0.481 e. The van der Waals surface area contributed by atoms with E-state index in [2.05, 4.69) is 24.3 Å². The number of carbonyl (C=O) groups excluding carboxylic acids is 1. The van der Waals surface area contributed by atoms with E-state index in [1.165, 1.54) is 22.3 Å². The van der Waals surface area contributed by atoms with Crippen LogP contribution >= 0.6 is 0 Å². The van der Waals surface area contributed by atoms with Crippen molar-refractivity contribution in [3.05, 3.63) is 95.6 Å². The van der Waals surface area contributed by atoms with Gasteiger partial charge in [0.25, 0.3) is 0 Å². The van der Waals surface area contributed by atoms with Crippen molar-refractivity contribution < 1.29 is 19.4 Å². The van der Waals surface area contributed by atoms with Crippen molar-refractivity contribution >= 4 is 12.1 Å². The van der Waals surface area contributed by atoms with Gasteiger partial charge >= 0.3 is 12.1 Å². The number of hydrogen-bond donors (Lipinski definition) is 1. The fourth-order valence-electron chi connectivity index (χ4n) is 5.61. The summed E-state index contributed by atoms with van der Waals surface area (Å²) in [6.07, 6.45) is 1.38. The van der Waals surface area contributed by atoms with Crippen molar-refractivity contribution in [3.8, 4) is 11.1 Å². The Balaban J connectivity index is 1.21. The lowest BCUT2D eigenvalue weighted by Crippen LogP contribution is -2.40. The molecule has 1 atom stereocenters. The maximum absolute atomic E-state index is 12.9. The lowest BCUT2D eigenvalue weighted by molar-refractivity contribution is -0.137. The lowest BCUT2D eigenvalue weighted by Gasteiger charge is -2.35. The molecule has 3 aromatic carbocycles. The van der Waals surface area contributed by atoms with Gasteiger partial charge in [0.15, 0.2) is 0 Å². The summed E-state index contributed by atoms with van der Waals surface area (Å²) >= 11 is 0. The summed E-state index contributed by atoms with van der Waals surface area (Å²) in [6.45, 7) is 1.49. The van der Waals surface area contributed by atoms with Gasteiger partial charge in [0, 0.05) is 19.0 Å². The highest BCUT2D eigenvalue weighted by Crippen LogP contribution is 2.44. The van der Waals surface area contributed by atoms with Crippen molar-refractivity contribution in [1.29, 1.82) is 0 Å². The maximum atomic E-state index is 12.9. The standard InChI is InChI=1S/C29H29NO4/c31-28(32)18-26(20-8-2-1-3-9-20)21-14-16-30(17-15-21)29(33)34-19-27-24-12-6-4-10-22(24)23-11-5-7-13-25(23)27/h1-13,21,26-27H,14-19H2,(H,31,32)/t26-/m1/s1. The van der Waals surface area contributed by atoms with Gasteiger partial charge in [-0.05, 0) is 52.5 Å². The molecule has 1 aliphatic carbocycles. The van der Waals surface area contributed by atoms with E-state index in [9.17, 15) is 14.7 Å². The fraction of sp³-hybridized carbons (Fsp3) is 0.310. The molecule has 34 heavy (non-hydrogen) atoms. The van der Waals surface area contributed by atoms with Gasteiger partial charge in [-0.25, -0.2) is 4.79 Å². The van der Waals surface area contributed by atoms with E-state index >= 15 is 0 Å². The molecule has 2 aliphatic rings. The topological polar surface area (TPSA) is 66.8 Å². The summed E-state index contributed by atoms with van der Waals surface area (Å²) in [5.41, 5.74) is 5.89. The predicted octanol–water partition coefficient (Wildman–Crippen LogP) is 5.91. The molecule has 174 valence electrons. The molecule has 0 unspecified atom stereocenters. The number of nitrogens with zero attached hydrogens (tertiary/aromatic N) is 1. The molecule has 0 aromatic heterocycles. The first kappa shape index (κ1) is 22.2. The Morgan fingerprint density at radius 2 is 1.41 bits per heavy atom. The van der Waals surface area contributed by atoms with E-state index in [-0.39, 0.29) is 30.3 Å². The third kappa shape index (κ3) is 4.43. The molecule has 1 saturated heterocycles. The molecular weight excluding hydrogens is 426 g/mol. The molecule has 1 fully saturated rings. The van der Waals surface area contributed by atoms with E-state index in [1.54, 1.807) is 4.90 Å². The molecule has 5 rings (SSSR count). The number of benzene rings is 3. The van der Waals surface area contributed by atoms with Crippen molar-refractivity contribution in [2.75, 3.05) is 19.7 Å². The number of fused-ring (bicyclic) bond motifs is 3. The Bertz CT molecular complexity index is 1120. The second kappa shape index (κ2) is 9.72. The molecule has 5 heteroatoms. The molecule has 1 heterocycles. The van der Waals surface area contributed by atoms with Crippen LogP contribution in [0.4, 0.5) is 4.79 Å². The smallest absolute Gasteiger partial charge is 0.409 e. The van der Waals surface area contributed by atoms with Crippen LogP contribution in [0.1, 0.15) is 47.8 Å². The Hall–Kier alpha value is -3.60.